The van der Waals surface area contributed by atoms with Crippen LogP contribution in [0.4, 0.5) is 0 Å². The van der Waals surface area contributed by atoms with E-state index in [1.165, 1.54) is 20.8 Å². The van der Waals surface area contributed by atoms with E-state index in [1.807, 2.05) is 24.3 Å². The van der Waals surface area contributed by atoms with Crippen LogP contribution in [0.5, 0.6) is 5.75 Å². The third-order valence-electron chi connectivity index (χ3n) is 6.65. The van der Waals surface area contributed by atoms with Crippen LogP contribution in [-0.2, 0) is 23.9 Å². The third-order valence-corrected chi connectivity index (χ3v) is 6.65. The maximum Gasteiger partial charge on any atom is 0.330 e. The van der Waals surface area contributed by atoms with Gasteiger partial charge in [-0.05, 0) is 35.7 Å². The van der Waals surface area contributed by atoms with Crippen molar-refractivity contribution in [1.82, 2.24) is 5.01 Å². The number of methoxy groups -OCH3 is 1. The Morgan fingerprint density at radius 1 is 1.03 bits per heavy atom. The molecule has 0 aromatic heterocycles. The zero-order valence-corrected chi connectivity index (χ0v) is 18.8. The number of ketones is 1. The Morgan fingerprint density at radius 3 is 2.27 bits per heavy atom. The van der Waals surface area contributed by atoms with Gasteiger partial charge in [-0.15, -0.1) is 0 Å². The van der Waals surface area contributed by atoms with Crippen molar-refractivity contribution in [3.05, 3.63) is 65.2 Å². The number of rotatable bonds is 3. The number of fused-ring (bicyclic) bond motifs is 4. The van der Waals surface area contributed by atoms with E-state index in [1.54, 1.807) is 42.6 Å². The maximum atomic E-state index is 13.8. The van der Waals surface area contributed by atoms with E-state index in [-0.39, 0.29) is 5.78 Å². The summed E-state index contributed by atoms with van der Waals surface area (Å²) in [6.07, 6.45) is 1.65. The van der Waals surface area contributed by atoms with Crippen molar-refractivity contribution in [3.63, 3.8) is 0 Å². The molecule has 5 rings (SSSR count). The summed E-state index contributed by atoms with van der Waals surface area (Å²) < 4.78 is 16.6. The van der Waals surface area contributed by atoms with Crippen LogP contribution < -0.4 is 4.74 Å². The Labute approximate surface area is 191 Å². The minimum atomic E-state index is -1.83. The summed E-state index contributed by atoms with van der Waals surface area (Å²) in [6, 6.07) is 12.6. The molecule has 0 aliphatic carbocycles. The number of Topliss-reactive ketones (excluding diaryl/α,β-unsaturated/α-hetero) is 1. The average molecular weight is 448 g/mol. The van der Waals surface area contributed by atoms with Crippen molar-refractivity contribution in [2.24, 2.45) is 10.5 Å². The number of cyclic esters (lactones) is 2. The largest absolute Gasteiger partial charge is 0.497 e. The van der Waals surface area contributed by atoms with Crippen molar-refractivity contribution in [2.75, 3.05) is 7.11 Å². The molecule has 2 saturated heterocycles. The fourth-order valence-electron chi connectivity index (χ4n) is 5.35. The lowest BCUT2D eigenvalue weighted by atomic mass is 9.65. The molecule has 2 fully saturated rings. The Balaban J connectivity index is 1.81. The quantitative estimate of drug-likeness (QED) is 0.526. The highest BCUT2D eigenvalue weighted by molar-refractivity contribution is 6.07. The van der Waals surface area contributed by atoms with E-state index in [2.05, 4.69) is 5.10 Å². The fourth-order valence-corrected chi connectivity index (χ4v) is 5.35. The highest BCUT2D eigenvalue weighted by atomic mass is 16.7. The van der Waals surface area contributed by atoms with Gasteiger partial charge in [0.05, 0.1) is 13.3 Å². The number of hydrazone groups is 1. The predicted octanol–water partition coefficient (Wildman–Crippen LogP) is 2.96. The highest BCUT2D eigenvalue weighted by Gasteiger charge is 2.74. The van der Waals surface area contributed by atoms with Gasteiger partial charge in [-0.3, -0.25) is 19.4 Å². The molecule has 1 spiro atoms. The first-order valence-electron chi connectivity index (χ1n) is 10.7. The molecule has 2 aromatic rings. The molecule has 2 aromatic carbocycles. The zero-order valence-electron chi connectivity index (χ0n) is 18.8. The van der Waals surface area contributed by atoms with Crippen LogP contribution in [0.1, 0.15) is 49.4 Å². The van der Waals surface area contributed by atoms with Crippen molar-refractivity contribution in [2.45, 2.75) is 44.6 Å². The molecular formula is C25H24N2O6. The smallest absolute Gasteiger partial charge is 0.330 e. The van der Waals surface area contributed by atoms with Gasteiger partial charge in [0.25, 0.3) is 5.79 Å². The third kappa shape index (κ3) is 2.90. The van der Waals surface area contributed by atoms with Crippen LogP contribution in [0.2, 0.25) is 0 Å². The second-order valence-corrected chi connectivity index (χ2v) is 9.01. The van der Waals surface area contributed by atoms with Gasteiger partial charge in [-0.1, -0.05) is 36.4 Å². The molecule has 3 aliphatic rings. The van der Waals surface area contributed by atoms with Crippen LogP contribution in [0.25, 0.3) is 0 Å². The standard InChI is InChI=1S/C25H24N2O6/c1-14(28)20-19(15-9-11-17(31-4)12-10-15)25(22(29)32-24(2,3)33-23(25)30)21-18-8-6-5-7-16(18)13-26-27(20)21/h5-13,19-21H,1-4H3/t19-,20-,21+/m0/s1. The second-order valence-electron chi connectivity index (χ2n) is 9.01. The number of hydrogen-bond acceptors (Lipinski definition) is 8. The minimum absolute atomic E-state index is 0.223. The Kier molecular flexibility index (Phi) is 4.60. The molecule has 170 valence electrons. The molecular weight excluding hydrogens is 424 g/mol. The number of esters is 2. The van der Waals surface area contributed by atoms with Gasteiger partial charge < -0.3 is 14.2 Å². The molecule has 0 unspecified atom stereocenters. The van der Waals surface area contributed by atoms with E-state index >= 15 is 0 Å². The number of benzene rings is 2. The molecule has 3 atom stereocenters. The maximum absolute atomic E-state index is 13.8. The predicted molar refractivity (Wildman–Crippen MR) is 118 cm³/mol. The first-order valence-corrected chi connectivity index (χ1v) is 10.7. The summed E-state index contributed by atoms with van der Waals surface area (Å²) in [5, 5.41) is 6.12. The van der Waals surface area contributed by atoms with Crippen molar-refractivity contribution in [3.8, 4) is 5.75 Å². The lowest BCUT2D eigenvalue weighted by molar-refractivity contribution is -0.254. The van der Waals surface area contributed by atoms with Crippen molar-refractivity contribution >= 4 is 23.9 Å². The molecule has 8 nitrogen and oxygen atoms in total. The van der Waals surface area contributed by atoms with Gasteiger partial charge in [0.1, 0.15) is 17.8 Å². The molecule has 0 saturated carbocycles. The number of nitrogens with zero attached hydrogens (tertiary/aromatic N) is 2. The van der Waals surface area contributed by atoms with Gasteiger partial charge in [0.15, 0.2) is 5.78 Å². The highest BCUT2D eigenvalue weighted by Crippen LogP contribution is 2.62. The van der Waals surface area contributed by atoms with Crippen LogP contribution in [0.3, 0.4) is 0 Å². The number of ether oxygens (including phenoxy) is 3. The number of carbonyl (C=O) groups is 3. The molecule has 0 bridgehead atoms. The summed E-state index contributed by atoms with van der Waals surface area (Å²) in [4.78, 5) is 40.7. The normalized spacial score (nSPS) is 26.3. The molecule has 3 heterocycles. The molecule has 33 heavy (non-hydrogen) atoms. The average Bonchev–Trinajstić information content (AvgIpc) is 3.10. The Bertz CT molecular complexity index is 1170. The molecule has 0 amide bonds. The summed E-state index contributed by atoms with van der Waals surface area (Å²) >= 11 is 0. The molecule has 0 radical (unpaired) electrons. The molecule has 8 heteroatoms. The zero-order chi connectivity index (χ0) is 23.5. The first-order chi connectivity index (χ1) is 15.7. The van der Waals surface area contributed by atoms with E-state index in [9.17, 15) is 14.4 Å². The van der Waals surface area contributed by atoms with E-state index in [0.29, 0.717) is 16.9 Å². The molecule has 0 N–H and O–H groups in total. The van der Waals surface area contributed by atoms with Crippen molar-refractivity contribution < 1.29 is 28.6 Å². The summed E-state index contributed by atoms with van der Waals surface area (Å²) in [6.45, 7) is 4.47. The Hall–Kier alpha value is -3.68. The first kappa shape index (κ1) is 21.2. The van der Waals surface area contributed by atoms with Crippen LogP contribution in [0.15, 0.2) is 53.6 Å². The SMILES string of the molecule is COc1ccc([C@H]2[C@H](C(C)=O)N3N=Cc4ccccc4[C@@H]3C23C(=O)OC(C)(C)OC3=O)cc1. The monoisotopic (exact) mass is 448 g/mol. The topological polar surface area (TPSA) is 94.5 Å². The molecule has 3 aliphatic heterocycles. The summed E-state index contributed by atoms with van der Waals surface area (Å²) in [5.41, 5.74) is 0.269. The van der Waals surface area contributed by atoms with Crippen LogP contribution >= 0.6 is 0 Å². The fraction of sp³-hybridized carbons (Fsp3) is 0.360. The van der Waals surface area contributed by atoms with E-state index < -0.39 is 41.1 Å². The lowest BCUT2D eigenvalue weighted by Crippen LogP contribution is -2.58. The van der Waals surface area contributed by atoms with Crippen LogP contribution in [-0.4, -0.2) is 47.9 Å². The number of hydrogen-bond donors (Lipinski definition) is 0. The minimum Gasteiger partial charge on any atom is -0.497 e. The second kappa shape index (κ2) is 7.16. The van der Waals surface area contributed by atoms with Gasteiger partial charge in [0, 0.05) is 19.8 Å². The van der Waals surface area contributed by atoms with Gasteiger partial charge in [-0.25, -0.2) is 0 Å². The van der Waals surface area contributed by atoms with Gasteiger partial charge in [0.2, 0.25) is 5.41 Å². The number of carbonyl (C=O) groups excluding carboxylic acids is 3. The van der Waals surface area contributed by atoms with Crippen LogP contribution in [0, 0.1) is 5.41 Å². The summed E-state index contributed by atoms with van der Waals surface area (Å²) in [7, 11) is 1.55. The van der Waals surface area contributed by atoms with Crippen molar-refractivity contribution in [1.29, 1.82) is 0 Å². The van der Waals surface area contributed by atoms with Gasteiger partial charge >= 0.3 is 11.9 Å². The summed E-state index contributed by atoms with van der Waals surface area (Å²) in [5.74, 6) is -3.36. The Morgan fingerprint density at radius 2 is 1.67 bits per heavy atom. The lowest BCUT2D eigenvalue weighted by Gasteiger charge is -2.44. The van der Waals surface area contributed by atoms with E-state index in [4.69, 9.17) is 14.2 Å². The van der Waals surface area contributed by atoms with E-state index in [0.717, 1.165) is 5.56 Å². The van der Waals surface area contributed by atoms with Gasteiger partial charge in [-0.2, -0.15) is 5.10 Å².